The second-order valence-electron chi connectivity index (χ2n) is 4.33. The van der Waals surface area contributed by atoms with Gasteiger partial charge in [0.25, 0.3) is 0 Å². The van der Waals surface area contributed by atoms with E-state index in [1.807, 2.05) is 13.8 Å². The van der Waals surface area contributed by atoms with Crippen LogP contribution >= 0.6 is 0 Å². The molecule has 0 amide bonds. The summed E-state index contributed by atoms with van der Waals surface area (Å²) in [4.78, 5) is 11.6. The van der Waals surface area contributed by atoms with Gasteiger partial charge < -0.3 is 4.74 Å². The van der Waals surface area contributed by atoms with Crippen molar-refractivity contribution in [2.24, 2.45) is 5.92 Å². The van der Waals surface area contributed by atoms with E-state index in [4.69, 9.17) is 4.74 Å². The van der Waals surface area contributed by atoms with Gasteiger partial charge in [0, 0.05) is 0 Å². The molecule has 0 aromatic rings. The Hall–Kier alpha value is -1.05. The highest BCUT2D eigenvalue weighted by molar-refractivity contribution is 5.76. The average molecular weight is 222 g/mol. The van der Waals surface area contributed by atoms with Crippen molar-refractivity contribution in [3.8, 4) is 0 Å². The molecule has 1 rings (SSSR count). The molecule has 1 aliphatic carbocycles. The van der Waals surface area contributed by atoms with E-state index in [9.17, 15) is 4.79 Å². The first-order chi connectivity index (χ1) is 7.66. The van der Waals surface area contributed by atoms with Crippen molar-refractivity contribution in [1.29, 1.82) is 0 Å². The lowest BCUT2D eigenvalue weighted by molar-refractivity contribution is -0.145. The number of esters is 1. The van der Waals surface area contributed by atoms with Gasteiger partial charge in [0.2, 0.25) is 0 Å². The summed E-state index contributed by atoms with van der Waals surface area (Å²) in [6.07, 6.45) is 8.16. The van der Waals surface area contributed by atoms with Gasteiger partial charge in [0.05, 0.1) is 12.5 Å². The highest BCUT2D eigenvalue weighted by atomic mass is 16.5. The van der Waals surface area contributed by atoms with Crippen LogP contribution < -0.4 is 0 Å². The normalized spacial score (nSPS) is 18.2. The van der Waals surface area contributed by atoms with Gasteiger partial charge in [-0.3, -0.25) is 4.79 Å². The van der Waals surface area contributed by atoms with Crippen LogP contribution in [0.4, 0.5) is 0 Å². The Morgan fingerprint density at radius 1 is 1.50 bits per heavy atom. The van der Waals surface area contributed by atoms with E-state index in [1.165, 1.54) is 24.8 Å². The molecule has 90 valence electrons. The molecule has 0 radical (unpaired) electrons. The number of hydrogen-bond acceptors (Lipinski definition) is 2. The molecule has 0 spiro atoms. The van der Waals surface area contributed by atoms with Gasteiger partial charge in [0.1, 0.15) is 0 Å². The summed E-state index contributed by atoms with van der Waals surface area (Å²) in [5.74, 6) is -0.359. The molecule has 0 aromatic carbocycles. The SMILES string of the molecule is C=C(C1=CCCCCC1)C(C)C(=O)OCC. The van der Waals surface area contributed by atoms with Crippen molar-refractivity contribution < 1.29 is 9.53 Å². The minimum absolute atomic E-state index is 0.155. The molecular formula is C14H22O2. The van der Waals surface area contributed by atoms with Crippen LogP contribution in [0.15, 0.2) is 23.8 Å². The van der Waals surface area contributed by atoms with Crippen LogP contribution in [-0.2, 0) is 9.53 Å². The second-order valence-corrected chi connectivity index (χ2v) is 4.33. The van der Waals surface area contributed by atoms with Crippen LogP contribution in [0.25, 0.3) is 0 Å². The topological polar surface area (TPSA) is 26.3 Å². The summed E-state index contributed by atoms with van der Waals surface area (Å²) < 4.78 is 5.02. The van der Waals surface area contributed by atoms with Crippen molar-refractivity contribution >= 4 is 5.97 Å². The summed E-state index contributed by atoms with van der Waals surface area (Å²) in [7, 11) is 0. The quantitative estimate of drug-likeness (QED) is 0.679. The predicted molar refractivity (Wildman–Crippen MR) is 66.1 cm³/mol. The first kappa shape index (κ1) is 13.0. The van der Waals surface area contributed by atoms with Crippen molar-refractivity contribution in [1.82, 2.24) is 0 Å². The minimum atomic E-state index is -0.204. The Balaban J connectivity index is 2.61. The molecule has 0 saturated heterocycles. The molecule has 1 aliphatic rings. The molecule has 0 aromatic heterocycles. The molecule has 0 saturated carbocycles. The number of ether oxygens (including phenoxy) is 1. The van der Waals surface area contributed by atoms with Crippen molar-refractivity contribution in [3.05, 3.63) is 23.8 Å². The smallest absolute Gasteiger partial charge is 0.313 e. The van der Waals surface area contributed by atoms with Crippen LogP contribution in [0.1, 0.15) is 46.0 Å². The van der Waals surface area contributed by atoms with Crippen LogP contribution in [0.5, 0.6) is 0 Å². The lowest BCUT2D eigenvalue weighted by Crippen LogP contribution is -2.17. The van der Waals surface area contributed by atoms with E-state index in [0.29, 0.717) is 6.61 Å². The standard InChI is InChI=1S/C14H22O2/c1-4-16-14(15)12(3)11(2)13-9-7-5-6-8-10-13/h9,12H,2,4-8,10H2,1,3H3. The van der Waals surface area contributed by atoms with Crippen molar-refractivity contribution in [3.63, 3.8) is 0 Å². The van der Waals surface area contributed by atoms with Crippen molar-refractivity contribution in [2.45, 2.75) is 46.0 Å². The third-order valence-corrected chi connectivity index (χ3v) is 3.12. The zero-order chi connectivity index (χ0) is 12.0. The number of hydrogen-bond donors (Lipinski definition) is 0. The van der Waals surface area contributed by atoms with Gasteiger partial charge in [-0.05, 0) is 50.7 Å². The van der Waals surface area contributed by atoms with Gasteiger partial charge in [-0.15, -0.1) is 0 Å². The maximum Gasteiger partial charge on any atom is 0.313 e. The molecule has 0 aliphatic heterocycles. The van der Waals surface area contributed by atoms with Gasteiger partial charge in [-0.2, -0.15) is 0 Å². The molecule has 0 N–H and O–H groups in total. The number of allylic oxidation sites excluding steroid dienone is 2. The summed E-state index contributed by atoms with van der Waals surface area (Å²) in [5.41, 5.74) is 2.21. The van der Waals surface area contributed by atoms with Gasteiger partial charge in [-0.25, -0.2) is 0 Å². The van der Waals surface area contributed by atoms with E-state index in [1.54, 1.807) is 0 Å². The van der Waals surface area contributed by atoms with Crippen LogP contribution in [0, 0.1) is 5.92 Å². The van der Waals surface area contributed by atoms with Crippen LogP contribution in [0.2, 0.25) is 0 Å². The number of carbonyl (C=O) groups excluding carboxylic acids is 1. The fourth-order valence-electron chi connectivity index (χ4n) is 1.99. The zero-order valence-corrected chi connectivity index (χ0v) is 10.4. The van der Waals surface area contributed by atoms with E-state index < -0.39 is 0 Å². The molecule has 0 bridgehead atoms. The first-order valence-corrected chi connectivity index (χ1v) is 6.21. The van der Waals surface area contributed by atoms with Crippen molar-refractivity contribution in [2.75, 3.05) is 6.61 Å². The maximum atomic E-state index is 11.6. The molecule has 16 heavy (non-hydrogen) atoms. The zero-order valence-electron chi connectivity index (χ0n) is 10.4. The summed E-state index contributed by atoms with van der Waals surface area (Å²) >= 11 is 0. The summed E-state index contributed by atoms with van der Waals surface area (Å²) in [5, 5.41) is 0. The fraction of sp³-hybridized carbons (Fsp3) is 0.643. The third-order valence-electron chi connectivity index (χ3n) is 3.12. The lowest BCUT2D eigenvalue weighted by atomic mass is 9.92. The molecule has 0 heterocycles. The Labute approximate surface area is 98.4 Å². The molecule has 2 nitrogen and oxygen atoms in total. The maximum absolute atomic E-state index is 11.6. The third kappa shape index (κ3) is 3.51. The Bertz CT molecular complexity index is 289. The Kier molecular flexibility index (Phi) is 5.30. The number of carbonyl (C=O) groups is 1. The molecule has 0 fully saturated rings. The van der Waals surface area contributed by atoms with Crippen LogP contribution in [0.3, 0.4) is 0 Å². The fourth-order valence-corrected chi connectivity index (χ4v) is 1.99. The monoisotopic (exact) mass is 222 g/mol. The molecule has 1 atom stereocenters. The molecular weight excluding hydrogens is 200 g/mol. The highest BCUT2D eigenvalue weighted by Gasteiger charge is 2.20. The first-order valence-electron chi connectivity index (χ1n) is 6.21. The van der Waals surface area contributed by atoms with E-state index in [-0.39, 0.29) is 11.9 Å². The molecule has 1 unspecified atom stereocenters. The molecule has 2 heteroatoms. The highest BCUT2D eigenvalue weighted by Crippen LogP contribution is 2.27. The van der Waals surface area contributed by atoms with E-state index in [0.717, 1.165) is 18.4 Å². The minimum Gasteiger partial charge on any atom is -0.466 e. The Morgan fingerprint density at radius 3 is 2.94 bits per heavy atom. The Morgan fingerprint density at radius 2 is 2.25 bits per heavy atom. The van der Waals surface area contributed by atoms with E-state index >= 15 is 0 Å². The summed E-state index contributed by atoms with van der Waals surface area (Å²) in [6.45, 7) is 8.21. The average Bonchev–Trinajstić information content (AvgIpc) is 2.56. The predicted octanol–water partition coefficient (Wildman–Crippen LogP) is 3.63. The number of rotatable bonds is 4. The largest absolute Gasteiger partial charge is 0.466 e. The van der Waals surface area contributed by atoms with Gasteiger partial charge in [-0.1, -0.05) is 19.1 Å². The second kappa shape index (κ2) is 6.51. The van der Waals surface area contributed by atoms with Crippen LogP contribution in [-0.4, -0.2) is 12.6 Å². The van der Waals surface area contributed by atoms with Gasteiger partial charge in [0.15, 0.2) is 0 Å². The van der Waals surface area contributed by atoms with Gasteiger partial charge >= 0.3 is 5.97 Å². The lowest BCUT2D eigenvalue weighted by Gasteiger charge is -2.16. The summed E-state index contributed by atoms with van der Waals surface area (Å²) in [6, 6.07) is 0. The van der Waals surface area contributed by atoms with E-state index in [2.05, 4.69) is 12.7 Å².